The molecule has 0 saturated heterocycles. The molecule has 1 aliphatic rings. The van der Waals surface area contributed by atoms with Gasteiger partial charge in [0.05, 0.1) is 35.8 Å². The van der Waals surface area contributed by atoms with Crippen molar-refractivity contribution >= 4 is 17.1 Å². The van der Waals surface area contributed by atoms with Crippen molar-refractivity contribution in [2.75, 3.05) is 6.61 Å². The number of benzene rings is 1. The second kappa shape index (κ2) is 8.05. The molecule has 142 valence electrons. The molecule has 1 heterocycles. The number of urea groups is 1. The SMILES string of the molecule is CCCC(O)C(CO)NC(=O)NC(C)c1ccc2nc(C3CC3)[nH]c2c1. The van der Waals surface area contributed by atoms with Gasteiger partial charge in [0.1, 0.15) is 5.82 Å². The predicted octanol–water partition coefficient (Wildman–Crippen LogP) is 2.32. The summed E-state index contributed by atoms with van der Waals surface area (Å²) in [6, 6.07) is 4.64. The summed E-state index contributed by atoms with van der Waals surface area (Å²) in [6.07, 6.45) is 2.94. The minimum atomic E-state index is -0.756. The second-order valence-electron chi connectivity index (χ2n) is 7.16. The summed E-state index contributed by atoms with van der Waals surface area (Å²) < 4.78 is 0. The van der Waals surface area contributed by atoms with Crippen LogP contribution < -0.4 is 10.6 Å². The Morgan fingerprint density at radius 1 is 1.38 bits per heavy atom. The van der Waals surface area contributed by atoms with E-state index in [1.807, 2.05) is 32.0 Å². The molecule has 0 radical (unpaired) electrons. The van der Waals surface area contributed by atoms with Gasteiger partial charge in [-0.1, -0.05) is 19.4 Å². The molecule has 3 atom stereocenters. The summed E-state index contributed by atoms with van der Waals surface area (Å²) in [4.78, 5) is 20.2. The van der Waals surface area contributed by atoms with Gasteiger partial charge in [-0.3, -0.25) is 0 Å². The first-order chi connectivity index (χ1) is 12.5. The zero-order chi connectivity index (χ0) is 18.7. The molecule has 3 rings (SSSR count). The molecular weight excluding hydrogens is 332 g/mol. The van der Waals surface area contributed by atoms with E-state index in [9.17, 15) is 15.0 Å². The summed E-state index contributed by atoms with van der Waals surface area (Å²) in [6.45, 7) is 3.54. The van der Waals surface area contributed by atoms with E-state index in [-0.39, 0.29) is 12.6 Å². The number of aromatic nitrogens is 2. The number of rotatable bonds is 8. The predicted molar refractivity (Wildman–Crippen MR) is 99.9 cm³/mol. The van der Waals surface area contributed by atoms with E-state index in [2.05, 4.69) is 20.6 Å². The van der Waals surface area contributed by atoms with Gasteiger partial charge in [0, 0.05) is 5.92 Å². The highest BCUT2D eigenvalue weighted by molar-refractivity contribution is 5.77. The number of H-pyrrole nitrogens is 1. The van der Waals surface area contributed by atoms with Crippen LogP contribution in [-0.4, -0.2) is 45.0 Å². The monoisotopic (exact) mass is 360 g/mol. The van der Waals surface area contributed by atoms with Gasteiger partial charge in [-0.2, -0.15) is 0 Å². The first-order valence-electron chi connectivity index (χ1n) is 9.37. The van der Waals surface area contributed by atoms with Crippen molar-refractivity contribution in [2.45, 2.75) is 63.6 Å². The Balaban J connectivity index is 1.62. The number of imidazole rings is 1. The lowest BCUT2D eigenvalue weighted by atomic mass is 10.1. The first kappa shape index (κ1) is 18.7. The summed E-state index contributed by atoms with van der Waals surface area (Å²) in [7, 11) is 0. The third-order valence-electron chi connectivity index (χ3n) is 4.90. The van der Waals surface area contributed by atoms with E-state index < -0.39 is 18.2 Å². The minimum Gasteiger partial charge on any atom is -0.394 e. The number of hydrogen-bond acceptors (Lipinski definition) is 4. The standard InChI is InChI=1S/C19H28N4O3/c1-3-4-17(25)16(10-24)23-19(26)20-11(2)13-7-8-14-15(9-13)22-18(21-14)12-5-6-12/h7-9,11-12,16-17,24-25H,3-6,10H2,1-2H3,(H,21,22)(H2,20,23,26). The second-order valence-corrected chi connectivity index (χ2v) is 7.16. The van der Waals surface area contributed by atoms with Crippen molar-refractivity contribution in [1.29, 1.82) is 0 Å². The molecule has 2 amide bonds. The molecule has 26 heavy (non-hydrogen) atoms. The van der Waals surface area contributed by atoms with Gasteiger partial charge >= 0.3 is 6.03 Å². The van der Waals surface area contributed by atoms with Crippen molar-refractivity contribution in [2.24, 2.45) is 0 Å². The zero-order valence-electron chi connectivity index (χ0n) is 15.3. The molecule has 3 unspecified atom stereocenters. The molecule has 2 aromatic rings. The molecule has 1 aromatic carbocycles. The summed E-state index contributed by atoms with van der Waals surface area (Å²) >= 11 is 0. The van der Waals surface area contributed by atoms with Gasteiger partial charge in [0.2, 0.25) is 0 Å². The number of carbonyl (C=O) groups is 1. The summed E-state index contributed by atoms with van der Waals surface area (Å²) in [5, 5.41) is 24.9. The number of carbonyl (C=O) groups excluding carboxylic acids is 1. The van der Waals surface area contributed by atoms with Gasteiger partial charge in [-0.05, 0) is 43.9 Å². The van der Waals surface area contributed by atoms with E-state index in [4.69, 9.17) is 0 Å². The van der Waals surface area contributed by atoms with Gasteiger partial charge in [0.15, 0.2) is 0 Å². The first-order valence-corrected chi connectivity index (χ1v) is 9.37. The fraction of sp³-hybridized carbons (Fsp3) is 0.579. The highest BCUT2D eigenvalue weighted by Crippen LogP contribution is 2.39. The number of aromatic amines is 1. The van der Waals surface area contributed by atoms with E-state index in [1.54, 1.807) is 0 Å². The topological polar surface area (TPSA) is 110 Å². The van der Waals surface area contributed by atoms with Crippen LogP contribution in [0.5, 0.6) is 0 Å². The maximum absolute atomic E-state index is 12.2. The molecule has 0 bridgehead atoms. The van der Waals surface area contributed by atoms with Crippen LogP contribution in [0.15, 0.2) is 18.2 Å². The maximum Gasteiger partial charge on any atom is 0.315 e. The number of fused-ring (bicyclic) bond motifs is 1. The highest BCUT2D eigenvalue weighted by atomic mass is 16.3. The molecule has 7 heteroatoms. The Hall–Kier alpha value is -2.12. The average Bonchev–Trinajstić information content (AvgIpc) is 3.38. The van der Waals surface area contributed by atoms with Gasteiger partial charge in [-0.15, -0.1) is 0 Å². The Morgan fingerprint density at radius 2 is 2.15 bits per heavy atom. The van der Waals surface area contributed by atoms with E-state index >= 15 is 0 Å². The fourth-order valence-corrected chi connectivity index (χ4v) is 3.12. The Kier molecular flexibility index (Phi) is 5.78. The van der Waals surface area contributed by atoms with E-state index in [0.29, 0.717) is 12.3 Å². The van der Waals surface area contributed by atoms with Crippen LogP contribution in [0.2, 0.25) is 0 Å². The number of aliphatic hydroxyl groups is 2. The quantitative estimate of drug-likeness (QED) is 0.497. The van der Waals surface area contributed by atoms with E-state index in [1.165, 1.54) is 12.8 Å². The van der Waals surface area contributed by atoms with Crippen molar-refractivity contribution in [3.63, 3.8) is 0 Å². The third-order valence-corrected chi connectivity index (χ3v) is 4.90. The third kappa shape index (κ3) is 4.34. The molecule has 1 aliphatic carbocycles. The van der Waals surface area contributed by atoms with E-state index in [0.717, 1.165) is 28.8 Å². The minimum absolute atomic E-state index is 0.213. The average molecular weight is 360 g/mol. The maximum atomic E-state index is 12.2. The molecule has 5 N–H and O–H groups in total. The molecule has 0 spiro atoms. The lowest BCUT2D eigenvalue weighted by Gasteiger charge is -2.23. The lowest BCUT2D eigenvalue weighted by molar-refractivity contribution is 0.0861. The van der Waals surface area contributed by atoms with Crippen LogP contribution in [0, 0.1) is 0 Å². The lowest BCUT2D eigenvalue weighted by Crippen LogP contribution is -2.50. The molecule has 0 aliphatic heterocycles. The molecular formula is C19H28N4O3. The zero-order valence-corrected chi connectivity index (χ0v) is 15.3. The molecule has 1 fully saturated rings. The van der Waals surface area contributed by atoms with Crippen molar-refractivity contribution in [3.8, 4) is 0 Å². The smallest absolute Gasteiger partial charge is 0.315 e. The number of amides is 2. The molecule has 1 saturated carbocycles. The van der Waals surface area contributed by atoms with Crippen LogP contribution in [0.3, 0.4) is 0 Å². The Bertz CT molecular complexity index is 756. The van der Waals surface area contributed by atoms with Crippen molar-refractivity contribution in [3.05, 3.63) is 29.6 Å². The van der Waals surface area contributed by atoms with Crippen LogP contribution >= 0.6 is 0 Å². The normalized spacial score (nSPS) is 17.7. The van der Waals surface area contributed by atoms with Crippen molar-refractivity contribution in [1.82, 2.24) is 20.6 Å². The van der Waals surface area contributed by atoms with Gasteiger partial charge < -0.3 is 25.8 Å². The number of nitrogens with zero attached hydrogens (tertiary/aromatic N) is 1. The fourth-order valence-electron chi connectivity index (χ4n) is 3.12. The summed E-state index contributed by atoms with van der Waals surface area (Å²) in [5.74, 6) is 1.61. The highest BCUT2D eigenvalue weighted by Gasteiger charge is 2.27. The van der Waals surface area contributed by atoms with Crippen LogP contribution in [0.4, 0.5) is 4.79 Å². The van der Waals surface area contributed by atoms with Crippen LogP contribution in [0.25, 0.3) is 11.0 Å². The summed E-state index contributed by atoms with van der Waals surface area (Å²) in [5.41, 5.74) is 2.88. The Labute approximate surface area is 153 Å². The number of nitrogens with one attached hydrogen (secondary N) is 3. The van der Waals surface area contributed by atoms with Gasteiger partial charge in [-0.25, -0.2) is 9.78 Å². The molecule has 1 aromatic heterocycles. The van der Waals surface area contributed by atoms with Crippen molar-refractivity contribution < 1.29 is 15.0 Å². The number of aliphatic hydroxyl groups excluding tert-OH is 2. The molecule has 7 nitrogen and oxygen atoms in total. The van der Waals surface area contributed by atoms with Crippen LogP contribution in [-0.2, 0) is 0 Å². The number of hydrogen-bond donors (Lipinski definition) is 5. The largest absolute Gasteiger partial charge is 0.394 e. The Morgan fingerprint density at radius 3 is 2.81 bits per heavy atom. The van der Waals surface area contributed by atoms with Gasteiger partial charge in [0.25, 0.3) is 0 Å². The van der Waals surface area contributed by atoms with Crippen LogP contribution in [0.1, 0.15) is 62.9 Å².